The maximum absolute atomic E-state index is 10.6. The largest absolute Gasteiger partial charge is 0.391 e. The number of benzene rings is 1. The van der Waals surface area contributed by atoms with Crippen LogP contribution in [-0.4, -0.2) is 30.6 Å². The molecule has 1 atom stereocenters. The summed E-state index contributed by atoms with van der Waals surface area (Å²) in [4.78, 5) is 12.8. The van der Waals surface area contributed by atoms with Gasteiger partial charge in [-0.2, -0.15) is 0 Å². The van der Waals surface area contributed by atoms with Gasteiger partial charge in [-0.15, -0.1) is 0 Å². The number of aryl methyl sites for hydroxylation is 1. The maximum Gasteiger partial charge on any atom is 0.150 e. The summed E-state index contributed by atoms with van der Waals surface area (Å²) < 4.78 is 0. The Morgan fingerprint density at radius 2 is 2.31 bits per heavy atom. The number of aliphatic hydroxyl groups excluding tert-OH is 1. The highest BCUT2D eigenvalue weighted by molar-refractivity contribution is 5.77. The molecule has 0 aliphatic carbocycles. The summed E-state index contributed by atoms with van der Waals surface area (Å²) in [6.07, 6.45) is 2.55. The summed E-state index contributed by atoms with van der Waals surface area (Å²) in [5.74, 6) is 0. The quantitative estimate of drug-likeness (QED) is 0.771. The van der Waals surface area contributed by atoms with Crippen LogP contribution in [0.25, 0.3) is 0 Å². The predicted octanol–water partition coefficient (Wildman–Crippen LogP) is 1.77. The summed E-state index contributed by atoms with van der Waals surface area (Å²) in [6, 6.07) is 5.69. The van der Waals surface area contributed by atoms with Crippen LogP contribution in [0.15, 0.2) is 18.2 Å². The number of nitrogens with zero attached hydrogens (tertiary/aromatic N) is 1. The van der Waals surface area contributed by atoms with Crippen LogP contribution < -0.4 is 4.90 Å². The van der Waals surface area contributed by atoms with E-state index in [1.165, 1.54) is 0 Å². The lowest BCUT2D eigenvalue weighted by Crippen LogP contribution is -2.38. The topological polar surface area (TPSA) is 40.5 Å². The molecular formula is C13H17NO2. The van der Waals surface area contributed by atoms with Crippen molar-refractivity contribution < 1.29 is 9.90 Å². The number of hydrogen-bond donors (Lipinski definition) is 1. The summed E-state index contributed by atoms with van der Waals surface area (Å²) in [5, 5.41) is 9.63. The van der Waals surface area contributed by atoms with Gasteiger partial charge in [0.1, 0.15) is 6.29 Å². The summed E-state index contributed by atoms with van der Waals surface area (Å²) >= 11 is 0. The Kier molecular flexibility index (Phi) is 3.25. The third kappa shape index (κ3) is 2.25. The smallest absolute Gasteiger partial charge is 0.150 e. The van der Waals surface area contributed by atoms with Crippen molar-refractivity contribution in [1.29, 1.82) is 0 Å². The number of aldehydes is 1. The Morgan fingerprint density at radius 3 is 2.94 bits per heavy atom. The second-order valence-corrected chi connectivity index (χ2v) is 4.41. The van der Waals surface area contributed by atoms with E-state index in [4.69, 9.17) is 0 Å². The lowest BCUT2D eigenvalue weighted by Gasteiger charge is -2.33. The number of carbonyl (C=O) groups excluding carboxylic acids is 1. The van der Waals surface area contributed by atoms with Crippen LogP contribution in [0.1, 0.15) is 28.8 Å². The fourth-order valence-electron chi connectivity index (χ4n) is 2.28. The number of piperidine rings is 1. The van der Waals surface area contributed by atoms with Gasteiger partial charge in [0.15, 0.2) is 0 Å². The van der Waals surface area contributed by atoms with Gasteiger partial charge in [-0.05, 0) is 43.5 Å². The fourth-order valence-corrected chi connectivity index (χ4v) is 2.28. The van der Waals surface area contributed by atoms with Crippen molar-refractivity contribution in [2.45, 2.75) is 25.9 Å². The first-order chi connectivity index (χ1) is 7.70. The van der Waals surface area contributed by atoms with Gasteiger partial charge in [-0.25, -0.2) is 0 Å². The second kappa shape index (κ2) is 4.66. The standard InChI is InChI=1S/C13H17NO2/c1-10-7-11(9-15)4-5-13(10)14-6-2-3-12(16)8-14/h4-5,7,9,12,16H,2-3,6,8H2,1H3. The molecule has 1 fully saturated rings. The number of anilines is 1. The molecule has 0 amide bonds. The van der Waals surface area contributed by atoms with Gasteiger partial charge in [-0.1, -0.05) is 0 Å². The third-order valence-corrected chi connectivity index (χ3v) is 3.09. The van der Waals surface area contributed by atoms with E-state index in [0.717, 1.165) is 36.9 Å². The van der Waals surface area contributed by atoms with E-state index >= 15 is 0 Å². The first kappa shape index (κ1) is 11.1. The van der Waals surface area contributed by atoms with Crippen molar-refractivity contribution in [3.05, 3.63) is 29.3 Å². The Balaban J connectivity index is 2.22. The van der Waals surface area contributed by atoms with E-state index in [0.29, 0.717) is 12.1 Å². The predicted molar refractivity (Wildman–Crippen MR) is 64.0 cm³/mol. The molecule has 0 saturated carbocycles. The number of carbonyl (C=O) groups is 1. The lowest BCUT2D eigenvalue weighted by molar-refractivity contribution is 0.112. The van der Waals surface area contributed by atoms with Gasteiger partial charge in [0.05, 0.1) is 6.10 Å². The molecule has 0 bridgehead atoms. The lowest BCUT2D eigenvalue weighted by atomic mass is 10.0. The number of aliphatic hydroxyl groups is 1. The molecular weight excluding hydrogens is 202 g/mol. The Labute approximate surface area is 95.7 Å². The molecule has 3 heteroatoms. The maximum atomic E-state index is 10.6. The van der Waals surface area contributed by atoms with E-state index in [1.54, 1.807) is 0 Å². The highest BCUT2D eigenvalue weighted by atomic mass is 16.3. The minimum Gasteiger partial charge on any atom is -0.391 e. The average Bonchev–Trinajstić information content (AvgIpc) is 2.28. The highest BCUT2D eigenvalue weighted by Crippen LogP contribution is 2.24. The Bertz CT molecular complexity index is 390. The molecule has 16 heavy (non-hydrogen) atoms. The monoisotopic (exact) mass is 219 g/mol. The van der Waals surface area contributed by atoms with Crippen LogP contribution in [-0.2, 0) is 0 Å². The molecule has 1 N–H and O–H groups in total. The van der Waals surface area contributed by atoms with Crippen LogP contribution in [0.3, 0.4) is 0 Å². The van der Waals surface area contributed by atoms with Crippen LogP contribution in [0, 0.1) is 6.92 Å². The zero-order valence-electron chi connectivity index (χ0n) is 9.52. The second-order valence-electron chi connectivity index (χ2n) is 4.41. The average molecular weight is 219 g/mol. The molecule has 1 aliphatic heterocycles. The molecule has 0 radical (unpaired) electrons. The van der Waals surface area contributed by atoms with Crippen molar-refractivity contribution in [2.75, 3.05) is 18.0 Å². The normalized spacial score (nSPS) is 20.9. The highest BCUT2D eigenvalue weighted by Gasteiger charge is 2.18. The Morgan fingerprint density at radius 1 is 1.50 bits per heavy atom. The molecule has 1 aromatic carbocycles. The molecule has 1 heterocycles. The van der Waals surface area contributed by atoms with E-state index in [-0.39, 0.29) is 6.10 Å². The first-order valence-corrected chi connectivity index (χ1v) is 5.69. The molecule has 2 rings (SSSR count). The SMILES string of the molecule is Cc1cc(C=O)ccc1N1CCCC(O)C1. The third-order valence-electron chi connectivity index (χ3n) is 3.09. The zero-order chi connectivity index (χ0) is 11.5. The zero-order valence-corrected chi connectivity index (χ0v) is 9.52. The van der Waals surface area contributed by atoms with Crippen LogP contribution in [0.2, 0.25) is 0 Å². The van der Waals surface area contributed by atoms with E-state index in [2.05, 4.69) is 4.90 Å². The van der Waals surface area contributed by atoms with E-state index in [9.17, 15) is 9.90 Å². The fraction of sp³-hybridized carbons (Fsp3) is 0.462. The van der Waals surface area contributed by atoms with Crippen molar-refractivity contribution in [3.8, 4) is 0 Å². The number of β-amino-alcohol motifs (C(OH)–C–C–N with tert-alkyl or cyclic N) is 1. The van der Waals surface area contributed by atoms with E-state index < -0.39 is 0 Å². The van der Waals surface area contributed by atoms with Crippen LogP contribution >= 0.6 is 0 Å². The van der Waals surface area contributed by atoms with Crippen molar-refractivity contribution >= 4 is 12.0 Å². The summed E-state index contributed by atoms with van der Waals surface area (Å²) in [6.45, 7) is 3.68. The molecule has 0 spiro atoms. The first-order valence-electron chi connectivity index (χ1n) is 5.69. The molecule has 1 saturated heterocycles. The number of rotatable bonds is 2. The van der Waals surface area contributed by atoms with Gasteiger partial charge in [0.25, 0.3) is 0 Å². The van der Waals surface area contributed by atoms with Gasteiger partial charge < -0.3 is 10.0 Å². The molecule has 1 aromatic rings. The van der Waals surface area contributed by atoms with Gasteiger partial charge in [0.2, 0.25) is 0 Å². The molecule has 0 aromatic heterocycles. The molecule has 1 unspecified atom stereocenters. The molecule has 3 nitrogen and oxygen atoms in total. The van der Waals surface area contributed by atoms with Crippen molar-refractivity contribution in [3.63, 3.8) is 0 Å². The van der Waals surface area contributed by atoms with Gasteiger partial charge in [-0.3, -0.25) is 4.79 Å². The number of hydrogen-bond acceptors (Lipinski definition) is 3. The van der Waals surface area contributed by atoms with Crippen LogP contribution in [0.4, 0.5) is 5.69 Å². The van der Waals surface area contributed by atoms with Crippen molar-refractivity contribution in [1.82, 2.24) is 0 Å². The minimum atomic E-state index is -0.223. The molecule has 86 valence electrons. The van der Waals surface area contributed by atoms with Crippen LogP contribution in [0.5, 0.6) is 0 Å². The van der Waals surface area contributed by atoms with E-state index in [1.807, 2.05) is 25.1 Å². The minimum absolute atomic E-state index is 0.223. The van der Waals surface area contributed by atoms with Gasteiger partial charge in [0, 0.05) is 24.3 Å². The van der Waals surface area contributed by atoms with Crippen molar-refractivity contribution in [2.24, 2.45) is 0 Å². The molecule has 1 aliphatic rings. The van der Waals surface area contributed by atoms with Gasteiger partial charge >= 0.3 is 0 Å². The summed E-state index contributed by atoms with van der Waals surface area (Å²) in [7, 11) is 0. The summed E-state index contributed by atoms with van der Waals surface area (Å²) in [5.41, 5.74) is 2.93. The Hall–Kier alpha value is -1.35.